The lowest BCUT2D eigenvalue weighted by Gasteiger charge is -2.22. The Morgan fingerprint density at radius 1 is 1.13 bits per heavy atom. The van der Waals surface area contributed by atoms with Crippen molar-refractivity contribution in [3.63, 3.8) is 0 Å². The Morgan fingerprint density at radius 2 is 1.73 bits per heavy atom. The molecule has 0 atom stereocenters. The minimum Gasteiger partial charge on any atom is -0.424 e. The first-order chi connectivity index (χ1) is 7.24. The van der Waals surface area contributed by atoms with E-state index in [1.165, 1.54) is 6.04 Å². The van der Waals surface area contributed by atoms with Crippen molar-refractivity contribution >= 4 is 28.9 Å². The van der Waals surface area contributed by atoms with Crippen LogP contribution in [-0.2, 0) is 17.7 Å². The van der Waals surface area contributed by atoms with Crippen LogP contribution in [0.4, 0.5) is 0 Å². The van der Waals surface area contributed by atoms with Crippen LogP contribution < -0.4 is 0 Å². The molecule has 0 radical (unpaired) electrons. The Morgan fingerprint density at radius 3 is 2.20 bits per heavy atom. The van der Waals surface area contributed by atoms with Crippen molar-refractivity contribution in [1.29, 1.82) is 0 Å². The fraction of sp³-hybridized carbons (Fsp3) is 1.00. The fourth-order valence-corrected chi connectivity index (χ4v) is 6.08. The maximum Gasteiger partial charge on any atom is 0.572 e. The second-order valence-electron chi connectivity index (χ2n) is 2.86. The third-order valence-corrected chi connectivity index (χ3v) is 8.92. The molecule has 0 fully saturated rings. The number of hydrogen-bond donors (Lipinski definition) is 0. The highest BCUT2D eigenvalue weighted by Gasteiger charge is 2.38. The average molecular weight is 270 g/mol. The third kappa shape index (κ3) is 6.72. The van der Waals surface area contributed by atoms with Crippen LogP contribution in [0.25, 0.3) is 0 Å². The summed E-state index contributed by atoms with van der Waals surface area (Å²) in [5, 5.41) is 0. The summed E-state index contributed by atoms with van der Waals surface area (Å²) in [6, 6.07) is 1.21. The molecule has 0 saturated carbocycles. The Labute approximate surface area is 100.0 Å². The first kappa shape index (κ1) is 15.6. The standard InChI is InChI=1S/C8H22O4SSi2/c1-5-12-14-8-6-7-13-15(9-2,10-3)11-4/h5-8,14H2,1-4H3. The molecule has 15 heavy (non-hydrogen) atoms. The molecule has 0 aliphatic carbocycles. The molecule has 0 saturated heterocycles. The molecule has 0 unspecified atom stereocenters. The van der Waals surface area contributed by atoms with Gasteiger partial charge in [-0.25, -0.2) is 0 Å². The van der Waals surface area contributed by atoms with E-state index < -0.39 is 7.95 Å². The first-order valence-corrected chi connectivity index (χ1v) is 10.1. The molecule has 92 valence electrons. The molecule has 0 aromatic rings. The molecular weight excluding hydrogens is 248 g/mol. The van der Waals surface area contributed by atoms with Crippen LogP contribution in [0, 0.1) is 0 Å². The lowest BCUT2D eigenvalue weighted by atomic mass is 10.6. The molecule has 0 heterocycles. The first-order valence-electron chi connectivity index (χ1n) is 5.11. The summed E-state index contributed by atoms with van der Waals surface area (Å²) in [6.45, 7) is 2.90. The molecule has 0 bridgehead atoms. The lowest BCUT2D eigenvalue weighted by molar-refractivity contribution is 0.152. The Bertz CT molecular complexity index is 138. The van der Waals surface area contributed by atoms with Crippen LogP contribution in [0.2, 0.25) is 6.04 Å². The minimum atomic E-state index is -2.39. The lowest BCUT2D eigenvalue weighted by Crippen LogP contribution is -2.39. The van der Waals surface area contributed by atoms with Crippen molar-refractivity contribution < 1.29 is 17.7 Å². The van der Waals surface area contributed by atoms with Gasteiger partial charge >= 0.3 is 7.95 Å². The van der Waals surface area contributed by atoms with Gasteiger partial charge in [-0.3, -0.25) is 0 Å². The normalized spacial score (nSPS) is 12.8. The smallest absolute Gasteiger partial charge is 0.424 e. The minimum absolute atomic E-state index is 0.292. The van der Waals surface area contributed by atoms with Crippen LogP contribution in [0.1, 0.15) is 13.3 Å². The van der Waals surface area contributed by atoms with E-state index in [4.69, 9.17) is 17.7 Å². The summed E-state index contributed by atoms with van der Waals surface area (Å²) >= 11 is 1.67. The van der Waals surface area contributed by atoms with Gasteiger partial charge in [0.2, 0.25) is 0 Å². The molecule has 0 aromatic carbocycles. The zero-order valence-electron chi connectivity index (χ0n) is 10.1. The van der Waals surface area contributed by atoms with Crippen LogP contribution in [0.15, 0.2) is 0 Å². The van der Waals surface area contributed by atoms with Gasteiger partial charge in [-0.15, -0.1) is 0 Å². The number of hydrogen-bond acceptors (Lipinski definition) is 5. The van der Waals surface area contributed by atoms with Crippen molar-refractivity contribution in [3.05, 3.63) is 0 Å². The SMILES string of the molecule is CCO[SiH2]CCCS[Si](OC)(OC)OC. The zero-order chi connectivity index (χ0) is 11.6. The molecule has 7 heteroatoms. The van der Waals surface area contributed by atoms with E-state index in [0.29, 0.717) is 0 Å². The van der Waals surface area contributed by atoms with Crippen LogP contribution in [0.3, 0.4) is 0 Å². The summed E-state index contributed by atoms with van der Waals surface area (Å²) in [6.07, 6.45) is 1.15. The Kier molecular flexibility index (Phi) is 10.2. The summed E-state index contributed by atoms with van der Waals surface area (Å²) in [7, 11) is 2.23. The quantitative estimate of drug-likeness (QED) is 0.438. The van der Waals surface area contributed by atoms with Crippen LogP contribution >= 0.6 is 11.2 Å². The maximum absolute atomic E-state index is 5.39. The van der Waals surface area contributed by atoms with Crippen molar-refractivity contribution in [2.45, 2.75) is 19.4 Å². The predicted molar refractivity (Wildman–Crippen MR) is 68.8 cm³/mol. The molecule has 0 spiro atoms. The van der Waals surface area contributed by atoms with Crippen molar-refractivity contribution in [2.24, 2.45) is 0 Å². The van der Waals surface area contributed by atoms with Gasteiger partial charge in [0.15, 0.2) is 9.76 Å². The molecule has 0 aliphatic heterocycles. The average Bonchev–Trinajstić information content (AvgIpc) is 2.29. The fourth-order valence-electron chi connectivity index (χ4n) is 1.07. The highest BCUT2D eigenvalue weighted by Crippen LogP contribution is 2.23. The topological polar surface area (TPSA) is 36.9 Å². The largest absolute Gasteiger partial charge is 0.572 e. The highest BCUT2D eigenvalue weighted by molar-refractivity contribution is 8.26. The molecule has 0 N–H and O–H groups in total. The monoisotopic (exact) mass is 270 g/mol. The van der Waals surface area contributed by atoms with Gasteiger partial charge in [-0.2, -0.15) is 0 Å². The van der Waals surface area contributed by atoms with Gasteiger partial charge in [0.25, 0.3) is 0 Å². The maximum atomic E-state index is 5.39. The third-order valence-electron chi connectivity index (χ3n) is 1.92. The van der Waals surface area contributed by atoms with Crippen LogP contribution in [0.5, 0.6) is 0 Å². The summed E-state index contributed by atoms with van der Waals surface area (Å²) in [4.78, 5) is 0. The van der Waals surface area contributed by atoms with E-state index in [0.717, 1.165) is 18.8 Å². The van der Waals surface area contributed by atoms with Gasteiger partial charge in [0, 0.05) is 27.9 Å². The Hall–Kier alpha value is 0.624. The van der Waals surface area contributed by atoms with Crippen LogP contribution in [-0.4, -0.2) is 51.4 Å². The molecule has 4 nitrogen and oxygen atoms in total. The summed E-state index contributed by atoms with van der Waals surface area (Å²) < 4.78 is 21.3. The van der Waals surface area contributed by atoms with E-state index in [1.54, 1.807) is 32.5 Å². The second kappa shape index (κ2) is 9.82. The highest BCUT2D eigenvalue weighted by atomic mass is 32.4. The molecule has 0 aromatic heterocycles. The molecular formula is C8H22O4SSi2. The van der Waals surface area contributed by atoms with E-state index in [9.17, 15) is 0 Å². The van der Waals surface area contributed by atoms with Crippen molar-refractivity contribution in [1.82, 2.24) is 0 Å². The van der Waals surface area contributed by atoms with E-state index in [1.807, 2.05) is 6.92 Å². The van der Waals surface area contributed by atoms with Gasteiger partial charge in [0.1, 0.15) is 0 Å². The van der Waals surface area contributed by atoms with E-state index in [-0.39, 0.29) is 9.76 Å². The van der Waals surface area contributed by atoms with Crippen molar-refractivity contribution in [2.75, 3.05) is 33.7 Å². The zero-order valence-corrected chi connectivity index (χ0v) is 13.3. The second-order valence-corrected chi connectivity index (χ2v) is 9.68. The van der Waals surface area contributed by atoms with E-state index >= 15 is 0 Å². The van der Waals surface area contributed by atoms with Gasteiger partial charge in [-0.05, 0) is 25.1 Å². The van der Waals surface area contributed by atoms with Gasteiger partial charge in [0.05, 0.1) is 0 Å². The molecule has 0 aliphatic rings. The van der Waals surface area contributed by atoms with Gasteiger partial charge in [-0.1, -0.05) is 11.2 Å². The van der Waals surface area contributed by atoms with Crippen molar-refractivity contribution in [3.8, 4) is 0 Å². The van der Waals surface area contributed by atoms with Gasteiger partial charge < -0.3 is 17.7 Å². The summed E-state index contributed by atoms with van der Waals surface area (Å²) in [5.41, 5.74) is 0. The molecule has 0 amide bonds. The molecule has 0 rings (SSSR count). The van der Waals surface area contributed by atoms with E-state index in [2.05, 4.69) is 0 Å². The Balaban J connectivity index is 3.54. The predicted octanol–water partition coefficient (Wildman–Crippen LogP) is 1.02. The summed E-state index contributed by atoms with van der Waals surface area (Å²) in [5.74, 6) is 1.02. The number of rotatable bonds is 10.